The van der Waals surface area contributed by atoms with Gasteiger partial charge in [0.25, 0.3) is 5.91 Å². The maximum Gasteiger partial charge on any atom is 0.255 e. The van der Waals surface area contributed by atoms with Gasteiger partial charge in [-0.15, -0.1) is 11.3 Å². The number of imidazole rings is 1. The molecule has 3 rings (SSSR count). The molecule has 0 fully saturated rings. The Hall–Kier alpha value is -1.37. The summed E-state index contributed by atoms with van der Waals surface area (Å²) < 4.78 is 2.89. The standard InChI is InChI=1S/C16H15BrClN3OS/c1-9-7-21-14(10(2)19-16(21)23-9)8-20(3)15(22)12-6-11(17)4-5-13(12)18/h4-7H,8H2,1-3H3. The number of nitrogens with zero attached hydrogens (tertiary/aromatic N) is 3. The molecule has 2 aromatic heterocycles. The number of rotatable bonds is 3. The summed E-state index contributed by atoms with van der Waals surface area (Å²) in [5.74, 6) is -0.113. The van der Waals surface area contributed by atoms with Gasteiger partial charge in [0.15, 0.2) is 4.96 Å². The van der Waals surface area contributed by atoms with Crippen molar-refractivity contribution >= 4 is 49.7 Å². The van der Waals surface area contributed by atoms with E-state index in [9.17, 15) is 4.79 Å². The largest absolute Gasteiger partial charge is 0.336 e. The highest BCUT2D eigenvalue weighted by atomic mass is 79.9. The molecule has 0 saturated carbocycles. The zero-order valence-electron chi connectivity index (χ0n) is 12.9. The molecule has 0 N–H and O–H groups in total. The smallest absolute Gasteiger partial charge is 0.255 e. The highest BCUT2D eigenvalue weighted by molar-refractivity contribution is 9.10. The summed E-state index contributed by atoms with van der Waals surface area (Å²) in [6.07, 6.45) is 2.06. The second-order valence-electron chi connectivity index (χ2n) is 5.42. The summed E-state index contributed by atoms with van der Waals surface area (Å²) in [6.45, 7) is 4.49. The fourth-order valence-electron chi connectivity index (χ4n) is 2.46. The van der Waals surface area contributed by atoms with Gasteiger partial charge in [0.05, 0.1) is 28.5 Å². The number of thiazole rings is 1. The Morgan fingerprint density at radius 1 is 1.43 bits per heavy atom. The Balaban J connectivity index is 1.91. The van der Waals surface area contributed by atoms with E-state index in [4.69, 9.17) is 11.6 Å². The van der Waals surface area contributed by atoms with Crippen molar-refractivity contribution in [3.8, 4) is 0 Å². The van der Waals surface area contributed by atoms with Crippen molar-refractivity contribution in [2.45, 2.75) is 20.4 Å². The molecule has 0 unspecified atom stereocenters. The molecule has 2 heterocycles. The van der Waals surface area contributed by atoms with E-state index in [-0.39, 0.29) is 5.91 Å². The molecule has 0 atom stereocenters. The molecule has 0 saturated heterocycles. The van der Waals surface area contributed by atoms with Gasteiger partial charge >= 0.3 is 0 Å². The van der Waals surface area contributed by atoms with Gasteiger partial charge in [-0.3, -0.25) is 9.20 Å². The van der Waals surface area contributed by atoms with E-state index in [1.54, 1.807) is 35.4 Å². The minimum absolute atomic E-state index is 0.113. The van der Waals surface area contributed by atoms with Crippen molar-refractivity contribution in [2.75, 3.05) is 7.05 Å². The van der Waals surface area contributed by atoms with E-state index in [0.717, 1.165) is 20.8 Å². The van der Waals surface area contributed by atoms with Crippen LogP contribution in [0.25, 0.3) is 4.96 Å². The van der Waals surface area contributed by atoms with Crippen molar-refractivity contribution in [3.05, 3.63) is 55.7 Å². The molecule has 0 bridgehead atoms. The number of hydrogen-bond donors (Lipinski definition) is 0. The fraction of sp³-hybridized carbons (Fsp3) is 0.250. The number of carbonyl (C=O) groups excluding carboxylic acids is 1. The van der Waals surface area contributed by atoms with Crippen LogP contribution in [0.15, 0.2) is 28.9 Å². The van der Waals surface area contributed by atoms with E-state index in [2.05, 4.69) is 38.4 Å². The SMILES string of the molecule is Cc1cn2c(CN(C)C(=O)c3cc(Br)ccc3Cl)c(C)nc2s1. The lowest BCUT2D eigenvalue weighted by Gasteiger charge is -2.18. The molecule has 1 amide bonds. The summed E-state index contributed by atoms with van der Waals surface area (Å²) in [7, 11) is 1.78. The summed E-state index contributed by atoms with van der Waals surface area (Å²) in [6, 6.07) is 5.28. The first-order chi connectivity index (χ1) is 10.9. The van der Waals surface area contributed by atoms with Crippen LogP contribution in [0, 0.1) is 13.8 Å². The van der Waals surface area contributed by atoms with Crippen molar-refractivity contribution in [3.63, 3.8) is 0 Å². The van der Waals surface area contributed by atoms with Gasteiger partial charge in [0.2, 0.25) is 0 Å². The quantitative estimate of drug-likeness (QED) is 0.625. The molecule has 4 nitrogen and oxygen atoms in total. The highest BCUT2D eigenvalue weighted by Gasteiger charge is 2.19. The zero-order valence-corrected chi connectivity index (χ0v) is 16.1. The lowest BCUT2D eigenvalue weighted by molar-refractivity contribution is 0.0783. The van der Waals surface area contributed by atoms with Gasteiger partial charge in [-0.05, 0) is 32.0 Å². The van der Waals surface area contributed by atoms with E-state index in [1.165, 1.54) is 4.88 Å². The van der Waals surface area contributed by atoms with E-state index < -0.39 is 0 Å². The van der Waals surface area contributed by atoms with Gasteiger partial charge in [0, 0.05) is 22.6 Å². The molecule has 120 valence electrons. The molecule has 1 aromatic carbocycles. The first kappa shape index (κ1) is 16.5. The second kappa shape index (κ2) is 6.26. The van der Waals surface area contributed by atoms with Crippen LogP contribution in [0.1, 0.15) is 26.6 Å². The molecule has 0 aliphatic rings. The minimum Gasteiger partial charge on any atom is -0.336 e. The number of amides is 1. The van der Waals surface area contributed by atoms with Crippen LogP contribution in [-0.4, -0.2) is 27.2 Å². The Morgan fingerprint density at radius 2 is 2.17 bits per heavy atom. The zero-order chi connectivity index (χ0) is 16.7. The number of benzene rings is 1. The van der Waals surface area contributed by atoms with Crippen LogP contribution in [-0.2, 0) is 6.54 Å². The van der Waals surface area contributed by atoms with Crippen LogP contribution in [0.5, 0.6) is 0 Å². The molecule has 7 heteroatoms. The number of fused-ring (bicyclic) bond motifs is 1. The van der Waals surface area contributed by atoms with Gasteiger partial charge in [0.1, 0.15) is 0 Å². The van der Waals surface area contributed by atoms with Gasteiger partial charge in [-0.25, -0.2) is 4.98 Å². The summed E-state index contributed by atoms with van der Waals surface area (Å²) in [5, 5.41) is 0.451. The van der Waals surface area contributed by atoms with Gasteiger partial charge < -0.3 is 4.90 Å². The topological polar surface area (TPSA) is 37.6 Å². The van der Waals surface area contributed by atoms with Gasteiger partial charge in [-0.1, -0.05) is 27.5 Å². The molecular weight excluding hydrogens is 398 g/mol. The normalized spacial score (nSPS) is 11.2. The van der Waals surface area contributed by atoms with E-state index in [1.807, 2.05) is 13.0 Å². The summed E-state index contributed by atoms with van der Waals surface area (Å²) in [4.78, 5) is 21.1. The maximum atomic E-state index is 12.7. The van der Waals surface area contributed by atoms with Crippen LogP contribution < -0.4 is 0 Å². The Bertz CT molecular complexity index is 902. The van der Waals surface area contributed by atoms with Crippen molar-refractivity contribution in [1.29, 1.82) is 0 Å². The molecule has 23 heavy (non-hydrogen) atoms. The molecule has 0 aliphatic carbocycles. The third kappa shape index (κ3) is 3.16. The summed E-state index contributed by atoms with van der Waals surface area (Å²) >= 11 is 11.2. The fourth-order valence-corrected chi connectivity index (χ4v) is 3.91. The van der Waals surface area contributed by atoms with Crippen LogP contribution >= 0.6 is 38.9 Å². The number of aromatic nitrogens is 2. The number of aryl methyl sites for hydroxylation is 2. The monoisotopic (exact) mass is 411 g/mol. The first-order valence-corrected chi connectivity index (χ1v) is 9.00. The molecule has 0 radical (unpaired) electrons. The minimum atomic E-state index is -0.113. The Labute approximate surface area is 151 Å². The second-order valence-corrected chi connectivity index (χ2v) is 7.96. The van der Waals surface area contributed by atoms with Crippen LogP contribution in [0.2, 0.25) is 5.02 Å². The third-order valence-corrected chi connectivity index (χ3v) is 5.35. The Morgan fingerprint density at radius 3 is 2.91 bits per heavy atom. The van der Waals surface area contributed by atoms with Gasteiger partial charge in [-0.2, -0.15) is 0 Å². The third-order valence-electron chi connectivity index (χ3n) is 3.63. The van der Waals surface area contributed by atoms with Crippen LogP contribution in [0.3, 0.4) is 0 Å². The molecule has 0 aliphatic heterocycles. The van der Waals surface area contributed by atoms with E-state index >= 15 is 0 Å². The molecule has 0 spiro atoms. The first-order valence-electron chi connectivity index (χ1n) is 7.01. The lowest BCUT2D eigenvalue weighted by Crippen LogP contribution is -2.27. The van der Waals surface area contributed by atoms with E-state index in [0.29, 0.717) is 17.1 Å². The molecular formula is C16H15BrClN3OS. The average molecular weight is 413 g/mol. The summed E-state index contributed by atoms with van der Waals surface area (Å²) in [5.41, 5.74) is 2.45. The number of halogens is 2. The maximum absolute atomic E-state index is 12.7. The van der Waals surface area contributed by atoms with Crippen molar-refractivity contribution in [2.24, 2.45) is 0 Å². The highest BCUT2D eigenvalue weighted by Crippen LogP contribution is 2.24. The average Bonchev–Trinajstić information content (AvgIpc) is 2.98. The molecule has 3 aromatic rings. The predicted octanol–water partition coefficient (Wildman–Crippen LogP) is 4.70. The predicted molar refractivity (Wildman–Crippen MR) is 97.5 cm³/mol. The lowest BCUT2D eigenvalue weighted by atomic mass is 10.2. The van der Waals surface area contributed by atoms with Crippen LogP contribution in [0.4, 0.5) is 0 Å². The van der Waals surface area contributed by atoms with Crippen molar-refractivity contribution < 1.29 is 4.79 Å². The Kier molecular flexibility index (Phi) is 4.49. The number of carbonyl (C=O) groups is 1. The number of hydrogen-bond acceptors (Lipinski definition) is 3. The van der Waals surface area contributed by atoms with Crippen molar-refractivity contribution in [1.82, 2.24) is 14.3 Å².